The van der Waals surface area contributed by atoms with Crippen molar-refractivity contribution >= 4 is 6.09 Å². The van der Waals surface area contributed by atoms with Gasteiger partial charge in [0.05, 0.1) is 0 Å². The molecule has 2 heterocycles. The van der Waals surface area contributed by atoms with Crippen molar-refractivity contribution in [3.8, 4) is 0 Å². The number of hydrogen-bond acceptors (Lipinski definition) is 4. The van der Waals surface area contributed by atoms with Gasteiger partial charge in [-0.2, -0.15) is 13.2 Å². The van der Waals surface area contributed by atoms with Crippen molar-refractivity contribution in [1.29, 1.82) is 0 Å². The van der Waals surface area contributed by atoms with Crippen LogP contribution in [0.2, 0.25) is 0 Å². The fourth-order valence-corrected chi connectivity index (χ4v) is 2.36. The lowest BCUT2D eigenvalue weighted by atomic mass is 10.2. The Labute approximate surface area is 139 Å². The summed E-state index contributed by atoms with van der Waals surface area (Å²) in [5.74, 6) is 0. The summed E-state index contributed by atoms with van der Waals surface area (Å²) in [5.41, 5.74) is -0.699. The summed E-state index contributed by atoms with van der Waals surface area (Å²) < 4.78 is 42.8. The van der Waals surface area contributed by atoms with Gasteiger partial charge < -0.3 is 9.64 Å². The monoisotopic (exact) mass is 345 g/mol. The summed E-state index contributed by atoms with van der Waals surface area (Å²) in [4.78, 5) is 19.2. The first kappa shape index (κ1) is 18.5. The van der Waals surface area contributed by atoms with Gasteiger partial charge in [0.1, 0.15) is 11.3 Å². The van der Waals surface area contributed by atoms with E-state index in [0.717, 1.165) is 6.07 Å². The Morgan fingerprint density at radius 1 is 1.17 bits per heavy atom. The molecule has 0 N–H and O–H groups in total. The second-order valence-corrected chi connectivity index (χ2v) is 6.79. The number of ether oxygens (including phenoxy) is 1. The predicted molar refractivity (Wildman–Crippen MR) is 82.3 cm³/mol. The number of amides is 1. The van der Waals surface area contributed by atoms with Crippen LogP contribution in [0, 0.1) is 0 Å². The number of halogens is 3. The molecule has 1 amide bonds. The van der Waals surface area contributed by atoms with E-state index in [9.17, 15) is 18.0 Å². The molecule has 1 fully saturated rings. The number of carbonyl (C=O) groups is 1. The predicted octanol–water partition coefficient (Wildman–Crippen LogP) is 3.15. The van der Waals surface area contributed by atoms with E-state index in [-0.39, 0.29) is 6.09 Å². The van der Waals surface area contributed by atoms with Crippen molar-refractivity contribution in [2.45, 2.75) is 39.1 Å². The van der Waals surface area contributed by atoms with Gasteiger partial charge in [0.2, 0.25) is 0 Å². The van der Waals surface area contributed by atoms with Gasteiger partial charge in [-0.3, -0.25) is 9.88 Å². The Kier molecular flexibility index (Phi) is 5.37. The normalized spacial score (nSPS) is 17.0. The molecule has 1 aromatic rings. The average Bonchev–Trinajstić information content (AvgIpc) is 2.46. The standard InChI is InChI=1S/C16H22F3N3O2/c1-15(2,3)24-14(23)22-8-6-21(7-9-22)11-12-4-5-13(20-10-12)16(17,18)19/h4-5,10H,6-9,11H2,1-3H3. The lowest BCUT2D eigenvalue weighted by molar-refractivity contribution is -0.141. The van der Waals surface area contributed by atoms with Gasteiger partial charge in [-0.15, -0.1) is 0 Å². The molecule has 8 heteroatoms. The molecule has 2 rings (SSSR count). The maximum atomic E-state index is 12.5. The van der Waals surface area contributed by atoms with Crippen LogP contribution in [0.3, 0.4) is 0 Å². The molecular weight excluding hydrogens is 323 g/mol. The molecule has 0 bridgehead atoms. The molecule has 1 aliphatic rings. The van der Waals surface area contributed by atoms with Crippen molar-refractivity contribution in [3.05, 3.63) is 29.6 Å². The highest BCUT2D eigenvalue weighted by Crippen LogP contribution is 2.27. The van der Waals surface area contributed by atoms with E-state index in [1.165, 1.54) is 12.3 Å². The lowest BCUT2D eigenvalue weighted by Crippen LogP contribution is -2.49. The fourth-order valence-electron chi connectivity index (χ4n) is 2.36. The number of carbonyl (C=O) groups excluding carboxylic acids is 1. The number of hydrogen-bond donors (Lipinski definition) is 0. The van der Waals surface area contributed by atoms with Gasteiger partial charge >= 0.3 is 12.3 Å². The second-order valence-electron chi connectivity index (χ2n) is 6.79. The minimum Gasteiger partial charge on any atom is -0.444 e. The second kappa shape index (κ2) is 6.96. The van der Waals surface area contributed by atoms with Crippen LogP contribution in [0.1, 0.15) is 32.0 Å². The third-order valence-corrected chi connectivity index (χ3v) is 3.55. The zero-order chi connectivity index (χ0) is 18.0. The van der Waals surface area contributed by atoms with Crippen molar-refractivity contribution in [2.24, 2.45) is 0 Å². The molecule has 134 valence electrons. The zero-order valence-electron chi connectivity index (χ0n) is 14.1. The third-order valence-electron chi connectivity index (χ3n) is 3.55. The van der Waals surface area contributed by atoms with Crippen LogP contribution < -0.4 is 0 Å². The lowest BCUT2D eigenvalue weighted by Gasteiger charge is -2.35. The first-order valence-corrected chi connectivity index (χ1v) is 7.77. The van der Waals surface area contributed by atoms with Crippen LogP contribution in [-0.4, -0.2) is 52.7 Å². The number of alkyl halides is 3. The third kappa shape index (κ3) is 5.36. The number of rotatable bonds is 2. The van der Waals surface area contributed by atoms with Crippen LogP contribution in [0.4, 0.5) is 18.0 Å². The first-order valence-electron chi connectivity index (χ1n) is 7.77. The van der Waals surface area contributed by atoms with Gasteiger partial charge in [-0.05, 0) is 32.4 Å². The minimum atomic E-state index is -4.42. The molecule has 0 saturated carbocycles. The van der Waals surface area contributed by atoms with E-state index in [2.05, 4.69) is 9.88 Å². The Morgan fingerprint density at radius 3 is 2.25 bits per heavy atom. The Morgan fingerprint density at radius 2 is 1.79 bits per heavy atom. The topological polar surface area (TPSA) is 45.7 Å². The van der Waals surface area contributed by atoms with Crippen LogP contribution in [-0.2, 0) is 17.5 Å². The summed E-state index contributed by atoms with van der Waals surface area (Å²) in [6.07, 6.45) is -3.50. The van der Waals surface area contributed by atoms with Crippen LogP contribution in [0.25, 0.3) is 0 Å². The molecular formula is C16H22F3N3O2. The van der Waals surface area contributed by atoms with Gasteiger partial charge in [0.25, 0.3) is 0 Å². The molecule has 0 spiro atoms. The summed E-state index contributed by atoms with van der Waals surface area (Å²) >= 11 is 0. The minimum absolute atomic E-state index is 0.335. The van der Waals surface area contributed by atoms with Crippen molar-refractivity contribution in [1.82, 2.24) is 14.8 Å². The number of piperazine rings is 1. The molecule has 0 unspecified atom stereocenters. The first-order chi connectivity index (χ1) is 11.0. The molecule has 0 atom stereocenters. The summed E-state index contributed by atoms with van der Waals surface area (Å²) in [7, 11) is 0. The summed E-state index contributed by atoms with van der Waals surface area (Å²) in [6.45, 7) is 8.30. The molecule has 0 aromatic carbocycles. The molecule has 1 aliphatic heterocycles. The Balaban J connectivity index is 1.84. The van der Waals surface area contributed by atoms with E-state index in [1.54, 1.807) is 4.90 Å². The van der Waals surface area contributed by atoms with Gasteiger partial charge in [-0.1, -0.05) is 6.07 Å². The zero-order valence-corrected chi connectivity index (χ0v) is 14.1. The number of aromatic nitrogens is 1. The maximum Gasteiger partial charge on any atom is 0.433 e. The van der Waals surface area contributed by atoms with Gasteiger partial charge in [0.15, 0.2) is 0 Å². The van der Waals surface area contributed by atoms with Crippen molar-refractivity contribution < 1.29 is 22.7 Å². The molecule has 0 radical (unpaired) electrons. The van der Waals surface area contributed by atoms with E-state index >= 15 is 0 Å². The molecule has 1 aromatic heterocycles. The summed E-state index contributed by atoms with van der Waals surface area (Å²) in [5, 5.41) is 0. The van der Waals surface area contributed by atoms with Crippen LogP contribution in [0.15, 0.2) is 18.3 Å². The Hall–Kier alpha value is -1.83. The highest BCUT2D eigenvalue weighted by molar-refractivity contribution is 5.68. The maximum absolute atomic E-state index is 12.5. The number of nitrogens with zero attached hydrogens (tertiary/aromatic N) is 3. The SMILES string of the molecule is CC(C)(C)OC(=O)N1CCN(Cc2ccc(C(F)(F)F)nc2)CC1. The highest BCUT2D eigenvalue weighted by atomic mass is 19.4. The van der Waals surface area contributed by atoms with E-state index in [4.69, 9.17) is 4.74 Å². The summed E-state index contributed by atoms with van der Waals surface area (Å²) in [6, 6.07) is 2.43. The number of pyridine rings is 1. The van der Waals surface area contributed by atoms with E-state index in [0.29, 0.717) is 38.3 Å². The molecule has 24 heavy (non-hydrogen) atoms. The molecule has 5 nitrogen and oxygen atoms in total. The smallest absolute Gasteiger partial charge is 0.433 e. The van der Waals surface area contributed by atoms with E-state index < -0.39 is 17.5 Å². The quantitative estimate of drug-likeness (QED) is 0.826. The Bertz CT molecular complexity index is 559. The average molecular weight is 345 g/mol. The van der Waals surface area contributed by atoms with Crippen molar-refractivity contribution in [3.63, 3.8) is 0 Å². The molecule has 0 aliphatic carbocycles. The van der Waals surface area contributed by atoms with Crippen molar-refractivity contribution in [2.75, 3.05) is 26.2 Å². The van der Waals surface area contributed by atoms with Gasteiger partial charge in [-0.25, -0.2) is 4.79 Å². The van der Waals surface area contributed by atoms with Gasteiger partial charge in [0, 0.05) is 38.9 Å². The molecule has 1 saturated heterocycles. The largest absolute Gasteiger partial charge is 0.444 e. The highest BCUT2D eigenvalue weighted by Gasteiger charge is 2.32. The fraction of sp³-hybridized carbons (Fsp3) is 0.625. The van der Waals surface area contributed by atoms with Crippen LogP contribution >= 0.6 is 0 Å². The van der Waals surface area contributed by atoms with Crippen LogP contribution in [0.5, 0.6) is 0 Å². The van der Waals surface area contributed by atoms with E-state index in [1.807, 2.05) is 20.8 Å².